The van der Waals surface area contributed by atoms with E-state index in [9.17, 15) is 4.79 Å². The molecule has 0 spiro atoms. The SMILES string of the molecule is O=C(CCCc1ncc(-c2ccccc2)o1)N1C[C@H]2CNC[C@H]2C1. The van der Waals surface area contributed by atoms with Crippen molar-refractivity contribution in [3.05, 3.63) is 42.4 Å². The molecular weight excluding hydrogens is 302 g/mol. The molecule has 2 aromatic rings. The lowest BCUT2D eigenvalue weighted by atomic mass is 10.0. The zero-order chi connectivity index (χ0) is 16.4. The summed E-state index contributed by atoms with van der Waals surface area (Å²) in [7, 11) is 0. The molecule has 0 aliphatic carbocycles. The molecule has 126 valence electrons. The van der Waals surface area contributed by atoms with E-state index in [0.717, 1.165) is 43.9 Å². The summed E-state index contributed by atoms with van der Waals surface area (Å²) in [4.78, 5) is 18.7. The van der Waals surface area contributed by atoms with Crippen molar-refractivity contribution in [1.29, 1.82) is 0 Å². The summed E-state index contributed by atoms with van der Waals surface area (Å²) < 4.78 is 5.79. The van der Waals surface area contributed by atoms with Gasteiger partial charge in [0.15, 0.2) is 11.7 Å². The van der Waals surface area contributed by atoms with Crippen LogP contribution in [0.2, 0.25) is 0 Å². The van der Waals surface area contributed by atoms with E-state index in [2.05, 4.69) is 10.3 Å². The van der Waals surface area contributed by atoms with Gasteiger partial charge in [-0.1, -0.05) is 30.3 Å². The number of oxazole rings is 1. The first-order chi connectivity index (χ1) is 11.8. The Kier molecular flexibility index (Phi) is 4.34. The van der Waals surface area contributed by atoms with Crippen molar-refractivity contribution >= 4 is 5.91 Å². The number of rotatable bonds is 5. The molecule has 1 amide bonds. The van der Waals surface area contributed by atoms with Crippen molar-refractivity contribution in [2.24, 2.45) is 11.8 Å². The number of carbonyl (C=O) groups excluding carboxylic acids is 1. The Hall–Kier alpha value is -2.14. The second kappa shape index (κ2) is 6.77. The summed E-state index contributed by atoms with van der Waals surface area (Å²) in [5.41, 5.74) is 1.03. The average Bonchev–Trinajstić information content (AvgIpc) is 3.31. The summed E-state index contributed by atoms with van der Waals surface area (Å²) in [6, 6.07) is 9.96. The molecule has 2 aliphatic rings. The van der Waals surface area contributed by atoms with Gasteiger partial charge in [-0.15, -0.1) is 0 Å². The van der Waals surface area contributed by atoms with Crippen LogP contribution in [-0.4, -0.2) is 42.0 Å². The van der Waals surface area contributed by atoms with Gasteiger partial charge in [0.25, 0.3) is 0 Å². The number of amides is 1. The third-order valence-corrected chi connectivity index (χ3v) is 5.14. The first-order valence-corrected chi connectivity index (χ1v) is 8.78. The Morgan fingerprint density at radius 2 is 1.96 bits per heavy atom. The fourth-order valence-electron chi connectivity index (χ4n) is 3.77. The van der Waals surface area contributed by atoms with Gasteiger partial charge in [-0.3, -0.25) is 4.79 Å². The van der Waals surface area contributed by atoms with E-state index < -0.39 is 0 Å². The first kappa shape index (κ1) is 15.4. The standard InChI is InChI=1S/C19H23N3O2/c23-19(22-12-15-9-20-10-16(15)13-22)8-4-7-18-21-11-17(24-18)14-5-2-1-3-6-14/h1-3,5-6,11,15-16,20H,4,7-10,12-13H2/t15-,16+. The summed E-state index contributed by atoms with van der Waals surface area (Å²) in [6.07, 6.45) is 3.84. The number of nitrogens with zero attached hydrogens (tertiary/aromatic N) is 2. The van der Waals surface area contributed by atoms with E-state index in [0.29, 0.717) is 30.6 Å². The molecule has 2 aliphatic heterocycles. The second-order valence-corrected chi connectivity index (χ2v) is 6.81. The monoisotopic (exact) mass is 325 g/mol. The van der Waals surface area contributed by atoms with Gasteiger partial charge in [0, 0.05) is 44.6 Å². The summed E-state index contributed by atoms with van der Waals surface area (Å²) >= 11 is 0. The van der Waals surface area contributed by atoms with Crippen molar-refractivity contribution in [2.45, 2.75) is 19.3 Å². The molecule has 5 heteroatoms. The van der Waals surface area contributed by atoms with Gasteiger partial charge >= 0.3 is 0 Å². The van der Waals surface area contributed by atoms with E-state index in [4.69, 9.17) is 4.42 Å². The smallest absolute Gasteiger partial charge is 0.222 e. The summed E-state index contributed by atoms with van der Waals surface area (Å²) in [6.45, 7) is 3.97. The molecule has 0 bridgehead atoms. The average molecular weight is 325 g/mol. The highest BCUT2D eigenvalue weighted by molar-refractivity contribution is 5.76. The molecule has 0 unspecified atom stereocenters. The Bertz CT molecular complexity index is 686. The van der Waals surface area contributed by atoms with Crippen LogP contribution in [0.3, 0.4) is 0 Å². The van der Waals surface area contributed by atoms with E-state index in [1.165, 1.54) is 0 Å². The second-order valence-electron chi connectivity index (χ2n) is 6.81. The minimum absolute atomic E-state index is 0.277. The van der Waals surface area contributed by atoms with Crippen LogP contribution >= 0.6 is 0 Å². The normalized spacial score (nSPS) is 22.8. The molecule has 5 nitrogen and oxygen atoms in total. The minimum Gasteiger partial charge on any atom is -0.441 e. The van der Waals surface area contributed by atoms with Gasteiger partial charge in [-0.05, 0) is 18.3 Å². The van der Waals surface area contributed by atoms with Crippen LogP contribution in [0.15, 0.2) is 40.9 Å². The maximum atomic E-state index is 12.3. The first-order valence-electron chi connectivity index (χ1n) is 8.78. The molecule has 0 saturated carbocycles. The predicted octanol–water partition coefficient (Wildman–Crippen LogP) is 2.34. The van der Waals surface area contributed by atoms with Crippen LogP contribution in [0.5, 0.6) is 0 Å². The molecular formula is C19H23N3O2. The molecule has 1 aromatic carbocycles. The molecule has 2 saturated heterocycles. The molecule has 0 radical (unpaired) electrons. The van der Waals surface area contributed by atoms with E-state index in [1.807, 2.05) is 35.2 Å². The molecule has 24 heavy (non-hydrogen) atoms. The largest absolute Gasteiger partial charge is 0.441 e. The van der Waals surface area contributed by atoms with Gasteiger partial charge in [0.05, 0.1) is 6.20 Å². The van der Waals surface area contributed by atoms with Gasteiger partial charge in [0.1, 0.15) is 0 Å². The molecule has 4 rings (SSSR count). The Labute approximate surface area is 142 Å². The summed E-state index contributed by atoms with van der Waals surface area (Å²) in [5.74, 6) is 3.10. The lowest BCUT2D eigenvalue weighted by Gasteiger charge is -2.17. The van der Waals surface area contributed by atoms with E-state index >= 15 is 0 Å². The van der Waals surface area contributed by atoms with Crippen LogP contribution < -0.4 is 5.32 Å². The van der Waals surface area contributed by atoms with Gasteiger partial charge in [-0.2, -0.15) is 0 Å². The van der Waals surface area contributed by atoms with Crippen molar-refractivity contribution < 1.29 is 9.21 Å². The van der Waals surface area contributed by atoms with Gasteiger partial charge in [0.2, 0.25) is 5.91 Å². The van der Waals surface area contributed by atoms with Crippen molar-refractivity contribution in [2.75, 3.05) is 26.2 Å². The number of hydrogen-bond donors (Lipinski definition) is 1. The zero-order valence-corrected chi connectivity index (χ0v) is 13.8. The molecule has 2 atom stereocenters. The zero-order valence-electron chi connectivity index (χ0n) is 13.8. The van der Waals surface area contributed by atoms with Gasteiger partial charge < -0.3 is 14.6 Å². The number of aromatic nitrogens is 1. The number of benzene rings is 1. The van der Waals surface area contributed by atoms with Crippen molar-refractivity contribution in [3.8, 4) is 11.3 Å². The number of fused-ring (bicyclic) bond motifs is 1. The predicted molar refractivity (Wildman–Crippen MR) is 91.3 cm³/mol. The summed E-state index contributed by atoms with van der Waals surface area (Å²) in [5, 5.41) is 3.41. The van der Waals surface area contributed by atoms with Crippen LogP contribution in [-0.2, 0) is 11.2 Å². The lowest BCUT2D eigenvalue weighted by molar-refractivity contribution is -0.130. The van der Waals surface area contributed by atoms with Crippen LogP contribution in [0, 0.1) is 11.8 Å². The lowest BCUT2D eigenvalue weighted by Crippen LogP contribution is -2.31. The number of aryl methyl sites for hydroxylation is 1. The molecule has 1 N–H and O–H groups in total. The minimum atomic E-state index is 0.277. The van der Waals surface area contributed by atoms with Crippen LogP contribution in [0.25, 0.3) is 11.3 Å². The molecule has 3 heterocycles. The maximum Gasteiger partial charge on any atom is 0.222 e. The highest BCUT2D eigenvalue weighted by Crippen LogP contribution is 2.27. The van der Waals surface area contributed by atoms with E-state index in [-0.39, 0.29) is 5.91 Å². The number of hydrogen-bond acceptors (Lipinski definition) is 4. The number of carbonyl (C=O) groups is 1. The van der Waals surface area contributed by atoms with E-state index in [1.54, 1.807) is 6.20 Å². The highest BCUT2D eigenvalue weighted by Gasteiger charge is 2.37. The molecule has 1 aromatic heterocycles. The fraction of sp³-hybridized carbons (Fsp3) is 0.474. The third kappa shape index (κ3) is 3.22. The topological polar surface area (TPSA) is 58.4 Å². The number of nitrogens with one attached hydrogen (secondary N) is 1. The van der Waals surface area contributed by atoms with Crippen molar-refractivity contribution in [1.82, 2.24) is 15.2 Å². The highest BCUT2D eigenvalue weighted by atomic mass is 16.4. The Balaban J connectivity index is 1.26. The quantitative estimate of drug-likeness (QED) is 0.917. The van der Waals surface area contributed by atoms with Crippen LogP contribution in [0.4, 0.5) is 0 Å². The Morgan fingerprint density at radius 3 is 2.71 bits per heavy atom. The van der Waals surface area contributed by atoms with Gasteiger partial charge in [-0.25, -0.2) is 4.98 Å². The fourth-order valence-corrected chi connectivity index (χ4v) is 3.77. The van der Waals surface area contributed by atoms with Crippen LogP contribution in [0.1, 0.15) is 18.7 Å². The number of likely N-dealkylation sites (tertiary alicyclic amines) is 1. The molecule has 2 fully saturated rings. The Morgan fingerprint density at radius 1 is 1.21 bits per heavy atom. The third-order valence-electron chi connectivity index (χ3n) is 5.14. The van der Waals surface area contributed by atoms with Crippen molar-refractivity contribution in [3.63, 3.8) is 0 Å². The maximum absolute atomic E-state index is 12.3.